The monoisotopic (exact) mass is 280 g/mol. The van der Waals surface area contributed by atoms with E-state index >= 15 is 0 Å². The smallest absolute Gasteiger partial charge is 0.123 e. The van der Waals surface area contributed by atoms with Gasteiger partial charge in [-0.3, -0.25) is 4.98 Å². The molecule has 0 saturated carbocycles. The second kappa shape index (κ2) is 6.02. The molecule has 2 aromatic carbocycles. The topological polar surface area (TPSA) is 24.9 Å². The number of fused-ring (bicyclic) bond motifs is 1. The summed E-state index contributed by atoms with van der Waals surface area (Å²) < 4.78 is 13.2. The fourth-order valence-corrected chi connectivity index (χ4v) is 2.65. The van der Waals surface area contributed by atoms with E-state index in [2.05, 4.69) is 29.4 Å². The van der Waals surface area contributed by atoms with Crippen LogP contribution in [0.15, 0.2) is 60.8 Å². The number of hydrogen-bond acceptors (Lipinski definition) is 2. The van der Waals surface area contributed by atoms with Gasteiger partial charge in [0.1, 0.15) is 5.82 Å². The molecular formula is C18H17FN2. The lowest BCUT2D eigenvalue weighted by molar-refractivity contribution is 0.615. The summed E-state index contributed by atoms with van der Waals surface area (Å²) in [6.45, 7) is 2.90. The highest BCUT2D eigenvalue weighted by Crippen LogP contribution is 2.28. The lowest BCUT2D eigenvalue weighted by Gasteiger charge is -2.20. The summed E-state index contributed by atoms with van der Waals surface area (Å²) in [5, 5.41) is 4.60. The van der Waals surface area contributed by atoms with Crippen molar-refractivity contribution >= 4 is 10.9 Å². The molecule has 21 heavy (non-hydrogen) atoms. The molecule has 1 aromatic heterocycles. The third-order valence-corrected chi connectivity index (χ3v) is 3.60. The maximum atomic E-state index is 13.2. The zero-order chi connectivity index (χ0) is 14.7. The van der Waals surface area contributed by atoms with Crippen molar-refractivity contribution in [3.05, 3.63) is 77.7 Å². The van der Waals surface area contributed by atoms with Crippen molar-refractivity contribution in [3.63, 3.8) is 0 Å². The van der Waals surface area contributed by atoms with E-state index < -0.39 is 0 Å². The van der Waals surface area contributed by atoms with Crippen LogP contribution in [0.3, 0.4) is 0 Å². The van der Waals surface area contributed by atoms with Gasteiger partial charge in [-0.15, -0.1) is 0 Å². The minimum Gasteiger partial charge on any atom is -0.307 e. The summed E-state index contributed by atoms with van der Waals surface area (Å²) in [6.07, 6.45) is 1.80. The minimum absolute atomic E-state index is 0.0310. The van der Waals surface area contributed by atoms with Gasteiger partial charge >= 0.3 is 0 Å². The number of benzene rings is 2. The van der Waals surface area contributed by atoms with Crippen molar-refractivity contribution in [2.75, 3.05) is 6.54 Å². The summed E-state index contributed by atoms with van der Waals surface area (Å²) in [7, 11) is 0. The molecule has 106 valence electrons. The van der Waals surface area contributed by atoms with Crippen LogP contribution in [0.1, 0.15) is 24.1 Å². The average Bonchev–Trinajstić information content (AvgIpc) is 2.53. The average molecular weight is 280 g/mol. The molecule has 0 bridgehead atoms. The molecule has 0 radical (unpaired) electrons. The van der Waals surface area contributed by atoms with E-state index in [-0.39, 0.29) is 11.9 Å². The first-order valence-corrected chi connectivity index (χ1v) is 7.12. The number of nitrogens with zero attached hydrogens (tertiary/aromatic N) is 1. The predicted octanol–water partition coefficient (Wildman–Crippen LogP) is 4.07. The van der Waals surface area contributed by atoms with Gasteiger partial charge in [0.25, 0.3) is 0 Å². The van der Waals surface area contributed by atoms with Gasteiger partial charge < -0.3 is 5.32 Å². The van der Waals surface area contributed by atoms with Crippen LogP contribution in [0, 0.1) is 5.82 Å². The second-order valence-electron chi connectivity index (χ2n) is 4.96. The molecule has 0 spiro atoms. The SMILES string of the molecule is CCNC(c1ccc(F)cc1)c1cccc2ncccc12. The summed E-state index contributed by atoms with van der Waals surface area (Å²) in [6, 6.07) is 16.8. The van der Waals surface area contributed by atoms with Crippen LogP contribution in [0.2, 0.25) is 0 Å². The Morgan fingerprint density at radius 2 is 1.86 bits per heavy atom. The van der Waals surface area contributed by atoms with E-state index in [9.17, 15) is 4.39 Å². The van der Waals surface area contributed by atoms with Crippen LogP contribution in [-0.4, -0.2) is 11.5 Å². The molecule has 3 aromatic rings. The number of pyridine rings is 1. The third-order valence-electron chi connectivity index (χ3n) is 3.60. The Morgan fingerprint density at radius 1 is 1.05 bits per heavy atom. The van der Waals surface area contributed by atoms with Gasteiger partial charge in [-0.1, -0.05) is 37.3 Å². The predicted molar refractivity (Wildman–Crippen MR) is 83.7 cm³/mol. The Balaban J connectivity index is 2.13. The summed E-state index contributed by atoms with van der Waals surface area (Å²) in [5.74, 6) is -0.214. The molecule has 1 N–H and O–H groups in total. The third kappa shape index (κ3) is 2.78. The molecule has 2 nitrogen and oxygen atoms in total. The maximum Gasteiger partial charge on any atom is 0.123 e. The van der Waals surface area contributed by atoms with Crippen molar-refractivity contribution < 1.29 is 4.39 Å². The van der Waals surface area contributed by atoms with E-state index in [0.717, 1.165) is 28.6 Å². The molecule has 1 heterocycles. The van der Waals surface area contributed by atoms with Crippen LogP contribution in [-0.2, 0) is 0 Å². The summed E-state index contributed by atoms with van der Waals surface area (Å²) in [4.78, 5) is 4.40. The highest BCUT2D eigenvalue weighted by atomic mass is 19.1. The first-order chi connectivity index (χ1) is 10.3. The molecule has 0 aliphatic heterocycles. The molecule has 3 rings (SSSR count). The molecule has 0 aliphatic carbocycles. The van der Waals surface area contributed by atoms with Crippen molar-refractivity contribution in [1.82, 2.24) is 10.3 Å². The van der Waals surface area contributed by atoms with Gasteiger partial charge in [-0.25, -0.2) is 4.39 Å². The molecule has 0 saturated heterocycles. The van der Waals surface area contributed by atoms with E-state index in [0.29, 0.717) is 0 Å². The van der Waals surface area contributed by atoms with Gasteiger partial charge in [-0.2, -0.15) is 0 Å². The number of aromatic nitrogens is 1. The number of halogens is 1. The molecule has 1 unspecified atom stereocenters. The van der Waals surface area contributed by atoms with Gasteiger partial charge in [-0.05, 0) is 41.9 Å². The Hall–Kier alpha value is -2.26. The number of hydrogen-bond donors (Lipinski definition) is 1. The highest BCUT2D eigenvalue weighted by Gasteiger charge is 2.15. The van der Waals surface area contributed by atoms with E-state index in [1.165, 1.54) is 12.1 Å². The van der Waals surface area contributed by atoms with Gasteiger partial charge in [0.2, 0.25) is 0 Å². The van der Waals surface area contributed by atoms with E-state index in [1.54, 1.807) is 6.20 Å². The summed E-state index contributed by atoms with van der Waals surface area (Å²) >= 11 is 0. The van der Waals surface area contributed by atoms with Crippen molar-refractivity contribution in [2.24, 2.45) is 0 Å². The molecule has 3 heteroatoms. The molecule has 0 amide bonds. The number of rotatable bonds is 4. The van der Waals surface area contributed by atoms with Crippen LogP contribution in [0.5, 0.6) is 0 Å². The van der Waals surface area contributed by atoms with Crippen LogP contribution in [0.4, 0.5) is 4.39 Å². The molecular weight excluding hydrogens is 263 g/mol. The van der Waals surface area contributed by atoms with Crippen molar-refractivity contribution in [1.29, 1.82) is 0 Å². The first kappa shape index (κ1) is 13.7. The Morgan fingerprint density at radius 3 is 2.62 bits per heavy atom. The van der Waals surface area contributed by atoms with Crippen molar-refractivity contribution in [2.45, 2.75) is 13.0 Å². The lowest BCUT2D eigenvalue weighted by Crippen LogP contribution is -2.22. The molecule has 0 aliphatic rings. The zero-order valence-electron chi connectivity index (χ0n) is 11.9. The minimum atomic E-state index is -0.214. The number of nitrogens with one attached hydrogen (secondary N) is 1. The molecule has 0 fully saturated rings. The molecule has 1 atom stereocenters. The van der Waals surface area contributed by atoms with Crippen LogP contribution < -0.4 is 5.32 Å². The fraction of sp³-hybridized carbons (Fsp3) is 0.167. The summed E-state index contributed by atoms with van der Waals surface area (Å²) in [5.41, 5.74) is 3.18. The Bertz CT molecular complexity index is 732. The zero-order valence-corrected chi connectivity index (χ0v) is 11.9. The second-order valence-corrected chi connectivity index (χ2v) is 4.96. The van der Waals surface area contributed by atoms with Gasteiger partial charge in [0.15, 0.2) is 0 Å². The van der Waals surface area contributed by atoms with Gasteiger partial charge in [0.05, 0.1) is 11.6 Å². The quantitative estimate of drug-likeness (QED) is 0.779. The van der Waals surface area contributed by atoms with E-state index in [1.807, 2.05) is 30.3 Å². The van der Waals surface area contributed by atoms with Crippen LogP contribution >= 0.6 is 0 Å². The maximum absolute atomic E-state index is 13.2. The first-order valence-electron chi connectivity index (χ1n) is 7.12. The van der Waals surface area contributed by atoms with Crippen molar-refractivity contribution in [3.8, 4) is 0 Å². The normalized spacial score (nSPS) is 12.5. The Labute approximate surface area is 123 Å². The van der Waals surface area contributed by atoms with Gasteiger partial charge in [0, 0.05) is 11.6 Å². The van der Waals surface area contributed by atoms with Crippen LogP contribution in [0.25, 0.3) is 10.9 Å². The van der Waals surface area contributed by atoms with E-state index in [4.69, 9.17) is 0 Å². The largest absolute Gasteiger partial charge is 0.307 e. The fourth-order valence-electron chi connectivity index (χ4n) is 2.65. The standard InChI is InChI=1S/C18H17FN2/c1-2-20-18(13-8-10-14(19)11-9-13)16-5-3-7-17-15(16)6-4-12-21-17/h3-12,18,20H,2H2,1H3. The highest BCUT2D eigenvalue weighted by molar-refractivity contribution is 5.83. The Kier molecular flexibility index (Phi) is 3.93. The lowest BCUT2D eigenvalue weighted by atomic mass is 9.95.